The van der Waals surface area contributed by atoms with Crippen LogP contribution in [-0.2, 0) is 0 Å². The Kier molecular flexibility index (Phi) is 9.25. The highest BCUT2D eigenvalue weighted by Crippen LogP contribution is 2.29. The zero-order valence-corrected chi connectivity index (χ0v) is 22.8. The van der Waals surface area contributed by atoms with Crippen molar-refractivity contribution in [3.05, 3.63) is 139 Å². The summed E-state index contributed by atoms with van der Waals surface area (Å²) in [7, 11) is 0. The Bertz CT molecular complexity index is 1710. The van der Waals surface area contributed by atoms with E-state index in [9.17, 15) is 33.3 Å². The van der Waals surface area contributed by atoms with Gasteiger partial charge in [-0.05, 0) is 106 Å². The van der Waals surface area contributed by atoms with Gasteiger partial charge in [0.1, 0.15) is 0 Å². The van der Waals surface area contributed by atoms with E-state index < -0.39 is 23.3 Å². The topological polar surface area (TPSA) is 71.4 Å². The fourth-order valence-electron chi connectivity index (χ4n) is 3.98. The standard InChI is InChI=1S/C33H15Cl2F4N3/c34-28-4-1-22(13-29(28)35)25(16-40)10-19-7-20(11-26(17-41)23-2-5-30(36)32(38)14-23)9-21(8-19)12-27(18-42)24-3-6-31(37)33(39)15-24/h1-15H/b25-10+,26-11+,27-12+. The largest absolute Gasteiger partial charge is 0.204 e. The first kappa shape index (κ1) is 29.8. The van der Waals surface area contributed by atoms with E-state index in [1.165, 1.54) is 30.4 Å². The second-order valence-electron chi connectivity index (χ2n) is 8.83. The third kappa shape index (κ3) is 6.95. The Morgan fingerprint density at radius 2 is 0.833 bits per heavy atom. The minimum Gasteiger partial charge on any atom is -0.204 e. The molecule has 0 spiro atoms. The van der Waals surface area contributed by atoms with Crippen LogP contribution in [-0.4, -0.2) is 0 Å². The molecule has 0 saturated carbocycles. The third-order valence-electron chi connectivity index (χ3n) is 5.99. The predicted octanol–water partition coefficient (Wildman–Crippen LogP) is 9.74. The summed E-state index contributed by atoms with van der Waals surface area (Å²) in [6.45, 7) is 0. The molecule has 0 aliphatic carbocycles. The molecule has 0 aliphatic rings. The van der Waals surface area contributed by atoms with Crippen LogP contribution in [0.3, 0.4) is 0 Å². The molecular formula is C33H15Cl2F4N3. The van der Waals surface area contributed by atoms with Crippen LogP contribution in [0.5, 0.6) is 0 Å². The normalized spacial score (nSPS) is 11.9. The predicted molar refractivity (Wildman–Crippen MR) is 156 cm³/mol. The van der Waals surface area contributed by atoms with Crippen molar-refractivity contribution in [2.45, 2.75) is 0 Å². The number of hydrogen-bond acceptors (Lipinski definition) is 3. The first-order valence-corrected chi connectivity index (χ1v) is 12.7. The van der Waals surface area contributed by atoms with Gasteiger partial charge in [0.25, 0.3) is 0 Å². The maximum absolute atomic E-state index is 13.9. The van der Waals surface area contributed by atoms with Crippen molar-refractivity contribution in [1.29, 1.82) is 15.8 Å². The number of nitrogens with zero attached hydrogens (tertiary/aromatic N) is 3. The summed E-state index contributed by atoms with van der Waals surface area (Å²) in [5.41, 5.74) is 2.24. The van der Waals surface area contributed by atoms with Gasteiger partial charge in [-0.2, -0.15) is 15.8 Å². The lowest BCUT2D eigenvalue weighted by atomic mass is 9.96. The van der Waals surface area contributed by atoms with Crippen LogP contribution >= 0.6 is 23.2 Å². The van der Waals surface area contributed by atoms with E-state index in [0.29, 0.717) is 27.3 Å². The van der Waals surface area contributed by atoms with Crippen molar-refractivity contribution in [1.82, 2.24) is 0 Å². The lowest BCUT2D eigenvalue weighted by Gasteiger charge is -2.07. The molecule has 0 bridgehead atoms. The van der Waals surface area contributed by atoms with Crippen LogP contribution in [0, 0.1) is 57.3 Å². The Morgan fingerprint density at radius 1 is 0.476 bits per heavy atom. The molecule has 0 radical (unpaired) electrons. The van der Waals surface area contributed by atoms with Gasteiger partial charge in [0.05, 0.1) is 45.0 Å². The average Bonchev–Trinajstić information content (AvgIpc) is 2.97. The molecule has 0 saturated heterocycles. The Balaban J connectivity index is 1.91. The van der Waals surface area contributed by atoms with Crippen molar-refractivity contribution < 1.29 is 17.6 Å². The summed E-state index contributed by atoms with van der Waals surface area (Å²) < 4.78 is 54.7. The number of benzene rings is 4. The SMILES string of the molecule is N#C/C(=C\c1cc(/C=C(\C#N)c2ccc(F)c(F)c2)cc(/C=C(\C#N)c2ccc(Cl)c(Cl)c2)c1)c1ccc(F)c(F)c1. The molecule has 0 heterocycles. The molecule has 4 aromatic rings. The van der Waals surface area contributed by atoms with Crippen LogP contribution in [0.15, 0.2) is 72.8 Å². The summed E-state index contributed by atoms with van der Waals surface area (Å²) in [6.07, 6.45) is 4.40. The highest BCUT2D eigenvalue weighted by molar-refractivity contribution is 6.42. The van der Waals surface area contributed by atoms with Crippen LogP contribution in [0.1, 0.15) is 33.4 Å². The third-order valence-corrected chi connectivity index (χ3v) is 6.73. The van der Waals surface area contributed by atoms with E-state index >= 15 is 0 Å². The van der Waals surface area contributed by atoms with Crippen LogP contribution in [0.4, 0.5) is 17.6 Å². The number of nitriles is 3. The van der Waals surface area contributed by atoms with Crippen LogP contribution in [0.25, 0.3) is 34.9 Å². The molecule has 0 aliphatic heterocycles. The molecule has 42 heavy (non-hydrogen) atoms. The van der Waals surface area contributed by atoms with E-state index in [0.717, 1.165) is 24.3 Å². The van der Waals surface area contributed by atoms with Gasteiger partial charge in [-0.15, -0.1) is 0 Å². The molecule has 0 fully saturated rings. The molecule has 0 aromatic heterocycles. The van der Waals surface area contributed by atoms with Gasteiger partial charge < -0.3 is 0 Å². The fraction of sp³-hybridized carbons (Fsp3) is 0. The van der Waals surface area contributed by atoms with Crippen molar-refractivity contribution >= 4 is 58.1 Å². The molecular weight excluding hydrogens is 585 g/mol. The average molecular weight is 600 g/mol. The zero-order valence-electron chi connectivity index (χ0n) is 21.3. The zero-order chi connectivity index (χ0) is 30.4. The Labute approximate surface area is 248 Å². The minimum absolute atomic E-state index is 0.0102. The molecule has 4 aromatic carbocycles. The lowest BCUT2D eigenvalue weighted by Crippen LogP contribution is -1.90. The number of allylic oxidation sites excluding steroid dienone is 3. The van der Waals surface area contributed by atoms with Gasteiger partial charge >= 0.3 is 0 Å². The number of rotatable bonds is 6. The van der Waals surface area contributed by atoms with Crippen LogP contribution < -0.4 is 0 Å². The van der Waals surface area contributed by atoms with E-state index in [1.807, 2.05) is 12.1 Å². The van der Waals surface area contributed by atoms with Crippen molar-refractivity contribution in [2.75, 3.05) is 0 Å². The van der Waals surface area contributed by atoms with Gasteiger partial charge in [0.2, 0.25) is 0 Å². The summed E-state index contributed by atoms with van der Waals surface area (Å²) in [6, 6.07) is 21.7. The van der Waals surface area contributed by atoms with E-state index in [4.69, 9.17) is 23.2 Å². The quantitative estimate of drug-likeness (QED) is 0.126. The van der Waals surface area contributed by atoms with Crippen LogP contribution in [0.2, 0.25) is 10.0 Å². The summed E-state index contributed by atoms with van der Waals surface area (Å²) in [4.78, 5) is 0. The van der Waals surface area contributed by atoms with E-state index in [1.54, 1.807) is 36.4 Å². The molecule has 4 rings (SSSR count). The van der Waals surface area contributed by atoms with E-state index in [-0.39, 0.29) is 32.9 Å². The van der Waals surface area contributed by atoms with Gasteiger partial charge in [0, 0.05) is 0 Å². The second-order valence-corrected chi connectivity index (χ2v) is 9.64. The summed E-state index contributed by atoms with van der Waals surface area (Å²) >= 11 is 12.1. The molecule has 0 N–H and O–H groups in total. The number of halogens is 6. The van der Waals surface area contributed by atoms with E-state index in [2.05, 4.69) is 6.07 Å². The van der Waals surface area contributed by atoms with Crippen molar-refractivity contribution in [2.24, 2.45) is 0 Å². The molecule has 9 heteroatoms. The van der Waals surface area contributed by atoms with Crippen molar-refractivity contribution in [3.8, 4) is 18.2 Å². The Morgan fingerprint density at radius 3 is 1.17 bits per heavy atom. The fourth-order valence-corrected chi connectivity index (χ4v) is 4.28. The molecule has 204 valence electrons. The van der Waals surface area contributed by atoms with Gasteiger partial charge in [-0.1, -0.05) is 41.4 Å². The molecule has 3 nitrogen and oxygen atoms in total. The minimum atomic E-state index is -1.13. The molecule has 0 amide bonds. The molecule has 0 unspecified atom stereocenters. The Hall–Kier alpha value is -5.13. The maximum atomic E-state index is 13.9. The highest BCUT2D eigenvalue weighted by atomic mass is 35.5. The first-order valence-electron chi connectivity index (χ1n) is 12.0. The van der Waals surface area contributed by atoms with Gasteiger partial charge in [-0.3, -0.25) is 0 Å². The smallest absolute Gasteiger partial charge is 0.159 e. The monoisotopic (exact) mass is 599 g/mol. The summed E-state index contributed by atoms with van der Waals surface area (Å²) in [5.74, 6) is -4.38. The van der Waals surface area contributed by atoms with Gasteiger partial charge in [-0.25, -0.2) is 17.6 Å². The highest BCUT2D eigenvalue weighted by Gasteiger charge is 2.11. The first-order chi connectivity index (χ1) is 20.1. The van der Waals surface area contributed by atoms with Crippen molar-refractivity contribution in [3.63, 3.8) is 0 Å². The second kappa shape index (κ2) is 13.0. The maximum Gasteiger partial charge on any atom is 0.159 e. The van der Waals surface area contributed by atoms with Gasteiger partial charge in [0.15, 0.2) is 23.3 Å². The molecule has 0 atom stereocenters. The lowest BCUT2D eigenvalue weighted by molar-refractivity contribution is 0.508. The number of hydrogen-bond donors (Lipinski definition) is 0. The summed E-state index contributed by atoms with van der Waals surface area (Å²) in [5, 5.41) is 29.9.